The van der Waals surface area contributed by atoms with Gasteiger partial charge in [0.25, 0.3) is 0 Å². The Bertz CT molecular complexity index is 221. The van der Waals surface area contributed by atoms with Crippen molar-refractivity contribution in [3.05, 3.63) is 0 Å². The van der Waals surface area contributed by atoms with Crippen molar-refractivity contribution in [3.63, 3.8) is 0 Å². The third-order valence-corrected chi connectivity index (χ3v) is 2.10. The number of carbonyl (C=O) groups is 1. The second-order valence-electron chi connectivity index (χ2n) is 3.12. The van der Waals surface area contributed by atoms with Crippen LogP contribution in [0.3, 0.4) is 0 Å². The second-order valence-corrected chi connectivity index (χ2v) is 3.12. The molecule has 1 rings (SSSR count). The highest BCUT2D eigenvalue weighted by Crippen LogP contribution is 2.03. The Hall–Kier alpha value is -1.01. The molecular formula is C10H16N2O. The SMILES string of the molecule is CC#CCCNC(=O)[C@@H]1CCCN1. The molecule has 0 aromatic rings. The third kappa shape index (κ3) is 3.47. The molecule has 0 spiro atoms. The van der Waals surface area contributed by atoms with E-state index in [2.05, 4.69) is 22.5 Å². The Kier molecular flexibility index (Phi) is 4.34. The summed E-state index contributed by atoms with van der Waals surface area (Å²) in [5.74, 6) is 5.82. The Morgan fingerprint density at radius 2 is 2.54 bits per heavy atom. The Labute approximate surface area is 79.3 Å². The monoisotopic (exact) mass is 180 g/mol. The molecule has 0 bridgehead atoms. The van der Waals surface area contributed by atoms with E-state index >= 15 is 0 Å². The van der Waals surface area contributed by atoms with Gasteiger partial charge < -0.3 is 10.6 Å². The topological polar surface area (TPSA) is 41.1 Å². The minimum atomic E-state index is 0.0367. The van der Waals surface area contributed by atoms with Crippen molar-refractivity contribution in [3.8, 4) is 11.8 Å². The highest BCUT2D eigenvalue weighted by atomic mass is 16.2. The van der Waals surface area contributed by atoms with E-state index in [1.807, 2.05) is 0 Å². The first-order chi connectivity index (χ1) is 6.34. The van der Waals surface area contributed by atoms with Crippen molar-refractivity contribution < 1.29 is 4.79 Å². The van der Waals surface area contributed by atoms with Gasteiger partial charge in [-0.3, -0.25) is 4.79 Å². The Morgan fingerprint density at radius 1 is 1.69 bits per heavy atom. The van der Waals surface area contributed by atoms with Gasteiger partial charge in [-0.25, -0.2) is 0 Å². The summed E-state index contributed by atoms with van der Waals surface area (Å²) in [6.45, 7) is 3.44. The maximum Gasteiger partial charge on any atom is 0.237 e. The number of hydrogen-bond donors (Lipinski definition) is 2. The van der Waals surface area contributed by atoms with Crippen LogP contribution in [0.1, 0.15) is 26.2 Å². The molecule has 13 heavy (non-hydrogen) atoms. The zero-order valence-corrected chi connectivity index (χ0v) is 8.02. The minimum absolute atomic E-state index is 0.0367. The van der Waals surface area contributed by atoms with Gasteiger partial charge in [-0.15, -0.1) is 11.8 Å². The highest BCUT2D eigenvalue weighted by Gasteiger charge is 2.20. The van der Waals surface area contributed by atoms with Crippen molar-refractivity contribution in [1.82, 2.24) is 10.6 Å². The molecule has 3 nitrogen and oxygen atoms in total. The van der Waals surface area contributed by atoms with Gasteiger partial charge in [0.2, 0.25) is 5.91 Å². The predicted octanol–water partition coefficient (Wildman–Crippen LogP) is 0.268. The molecule has 2 N–H and O–H groups in total. The summed E-state index contributed by atoms with van der Waals surface area (Å²) in [6, 6.07) is 0.0367. The lowest BCUT2D eigenvalue weighted by atomic mass is 10.2. The second kappa shape index (κ2) is 5.60. The number of carbonyl (C=O) groups excluding carboxylic acids is 1. The molecule has 1 fully saturated rings. The highest BCUT2D eigenvalue weighted by molar-refractivity contribution is 5.81. The van der Waals surface area contributed by atoms with Crippen LogP contribution >= 0.6 is 0 Å². The van der Waals surface area contributed by atoms with Crippen molar-refractivity contribution in [2.24, 2.45) is 0 Å². The number of nitrogens with one attached hydrogen (secondary N) is 2. The van der Waals surface area contributed by atoms with E-state index in [1.165, 1.54) is 0 Å². The van der Waals surface area contributed by atoms with Gasteiger partial charge in [0.05, 0.1) is 6.04 Å². The lowest BCUT2D eigenvalue weighted by Crippen LogP contribution is -2.40. The van der Waals surface area contributed by atoms with Crippen LogP contribution in [-0.2, 0) is 4.79 Å². The van der Waals surface area contributed by atoms with Crippen LogP contribution in [0.2, 0.25) is 0 Å². The summed E-state index contributed by atoms with van der Waals surface area (Å²) >= 11 is 0. The molecule has 0 aromatic carbocycles. The lowest BCUT2D eigenvalue weighted by Gasteiger charge is -2.09. The molecule has 72 valence electrons. The molecular weight excluding hydrogens is 164 g/mol. The van der Waals surface area contributed by atoms with E-state index in [4.69, 9.17) is 0 Å². The molecule has 0 unspecified atom stereocenters. The molecule has 1 aliphatic heterocycles. The van der Waals surface area contributed by atoms with E-state index < -0.39 is 0 Å². The molecule has 1 heterocycles. The molecule has 1 atom stereocenters. The van der Waals surface area contributed by atoms with E-state index in [-0.39, 0.29) is 11.9 Å². The molecule has 1 saturated heterocycles. The molecule has 0 saturated carbocycles. The average molecular weight is 180 g/mol. The van der Waals surface area contributed by atoms with Crippen LogP contribution in [0.4, 0.5) is 0 Å². The first kappa shape index (κ1) is 10.1. The van der Waals surface area contributed by atoms with Crippen molar-refractivity contribution in [2.75, 3.05) is 13.1 Å². The average Bonchev–Trinajstić information content (AvgIpc) is 2.65. The van der Waals surface area contributed by atoms with E-state index in [1.54, 1.807) is 6.92 Å². The van der Waals surface area contributed by atoms with Gasteiger partial charge in [-0.2, -0.15) is 0 Å². The van der Waals surface area contributed by atoms with Crippen molar-refractivity contribution in [2.45, 2.75) is 32.2 Å². The van der Waals surface area contributed by atoms with E-state index in [0.29, 0.717) is 6.54 Å². The number of rotatable bonds is 3. The summed E-state index contributed by atoms with van der Waals surface area (Å²) in [5.41, 5.74) is 0. The summed E-state index contributed by atoms with van der Waals surface area (Å²) in [6.07, 6.45) is 2.81. The Morgan fingerprint density at radius 3 is 3.15 bits per heavy atom. The van der Waals surface area contributed by atoms with Gasteiger partial charge >= 0.3 is 0 Å². The van der Waals surface area contributed by atoms with Crippen molar-refractivity contribution >= 4 is 5.91 Å². The fourth-order valence-corrected chi connectivity index (χ4v) is 1.40. The Balaban J connectivity index is 2.12. The molecule has 1 aliphatic rings. The summed E-state index contributed by atoms with van der Waals surface area (Å²) < 4.78 is 0. The van der Waals surface area contributed by atoms with E-state index in [0.717, 1.165) is 25.8 Å². The minimum Gasteiger partial charge on any atom is -0.354 e. The summed E-state index contributed by atoms with van der Waals surface area (Å²) in [7, 11) is 0. The van der Waals surface area contributed by atoms with Gasteiger partial charge in [-0.05, 0) is 26.3 Å². The zero-order valence-electron chi connectivity index (χ0n) is 8.02. The standard InChI is InChI=1S/C10H16N2O/c1-2-3-4-7-12-10(13)9-6-5-8-11-9/h9,11H,4-8H2,1H3,(H,12,13)/t9-/m0/s1. The lowest BCUT2D eigenvalue weighted by molar-refractivity contribution is -0.122. The van der Waals surface area contributed by atoms with Crippen LogP contribution < -0.4 is 10.6 Å². The molecule has 0 aromatic heterocycles. The van der Waals surface area contributed by atoms with Crippen LogP contribution in [-0.4, -0.2) is 25.0 Å². The van der Waals surface area contributed by atoms with E-state index in [9.17, 15) is 4.79 Å². The quantitative estimate of drug-likeness (QED) is 0.483. The summed E-state index contributed by atoms with van der Waals surface area (Å²) in [4.78, 5) is 11.4. The first-order valence-electron chi connectivity index (χ1n) is 4.75. The van der Waals surface area contributed by atoms with Gasteiger partial charge in [-0.1, -0.05) is 0 Å². The number of hydrogen-bond acceptors (Lipinski definition) is 2. The van der Waals surface area contributed by atoms with Crippen LogP contribution in [0.15, 0.2) is 0 Å². The smallest absolute Gasteiger partial charge is 0.237 e. The van der Waals surface area contributed by atoms with Crippen molar-refractivity contribution in [1.29, 1.82) is 0 Å². The maximum atomic E-state index is 11.4. The normalized spacial score (nSPS) is 20.5. The van der Waals surface area contributed by atoms with Crippen LogP contribution in [0.5, 0.6) is 0 Å². The zero-order chi connectivity index (χ0) is 9.52. The van der Waals surface area contributed by atoms with Crippen LogP contribution in [0, 0.1) is 11.8 Å². The summed E-state index contributed by atoms with van der Waals surface area (Å²) in [5, 5.41) is 6.00. The maximum absolute atomic E-state index is 11.4. The van der Waals surface area contributed by atoms with Crippen LogP contribution in [0.25, 0.3) is 0 Å². The van der Waals surface area contributed by atoms with Gasteiger partial charge in [0.15, 0.2) is 0 Å². The fraction of sp³-hybridized carbons (Fsp3) is 0.700. The number of amides is 1. The third-order valence-electron chi connectivity index (χ3n) is 2.10. The van der Waals surface area contributed by atoms with Gasteiger partial charge in [0, 0.05) is 13.0 Å². The molecule has 0 radical (unpaired) electrons. The molecule has 1 amide bonds. The first-order valence-corrected chi connectivity index (χ1v) is 4.75. The molecule has 0 aliphatic carbocycles. The molecule has 3 heteroatoms. The fourth-order valence-electron chi connectivity index (χ4n) is 1.40. The largest absolute Gasteiger partial charge is 0.354 e. The predicted molar refractivity (Wildman–Crippen MR) is 52.1 cm³/mol. The van der Waals surface area contributed by atoms with Gasteiger partial charge in [0.1, 0.15) is 0 Å².